The first-order chi connectivity index (χ1) is 7.59. The molecule has 1 saturated carbocycles. The molecule has 0 saturated heterocycles. The van der Waals surface area contributed by atoms with Crippen molar-refractivity contribution in [2.75, 3.05) is 7.05 Å². The SMILES string of the molecule is CN(C(=O)Cn1cccc1C(N)=S)C1CC1. The highest BCUT2D eigenvalue weighted by molar-refractivity contribution is 7.80. The number of amides is 1. The van der Waals surface area contributed by atoms with E-state index in [-0.39, 0.29) is 5.91 Å². The van der Waals surface area contributed by atoms with Crippen molar-refractivity contribution in [3.63, 3.8) is 0 Å². The smallest absolute Gasteiger partial charge is 0.242 e. The minimum Gasteiger partial charge on any atom is -0.388 e. The van der Waals surface area contributed by atoms with Gasteiger partial charge in [-0.15, -0.1) is 0 Å². The minimum atomic E-state index is 0.108. The first kappa shape index (κ1) is 11.1. The average molecular weight is 237 g/mol. The fraction of sp³-hybridized carbons (Fsp3) is 0.455. The van der Waals surface area contributed by atoms with Gasteiger partial charge in [0.05, 0.1) is 5.69 Å². The molecule has 1 fully saturated rings. The van der Waals surface area contributed by atoms with Crippen molar-refractivity contribution >= 4 is 23.1 Å². The summed E-state index contributed by atoms with van der Waals surface area (Å²) in [6.07, 6.45) is 4.07. The number of thiocarbonyl (C=S) groups is 1. The quantitative estimate of drug-likeness (QED) is 0.786. The highest BCUT2D eigenvalue weighted by Crippen LogP contribution is 2.25. The van der Waals surface area contributed by atoms with Crippen LogP contribution in [0.5, 0.6) is 0 Å². The zero-order chi connectivity index (χ0) is 11.7. The highest BCUT2D eigenvalue weighted by Gasteiger charge is 2.29. The lowest BCUT2D eigenvalue weighted by atomic mass is 10.4. The Labute approximate surface area is 100 Å². The van der Waals surface area contributed by atoms with Crippen molar-refractivity contribution in [1.82, 2.24) is 9.47 Å². The maximum Gasteiger partial charge on any atom is 0.242 e. The number of carbonyl (C=O) groups is 1. The maximum absolute atomic E-state index is 11.9. The van der Waals surface area contributed by atoms with E-state index in [0.717, 1.165) is 18.5 Å². The summed E-state index contributed by atoms with van der Waals surface area (Å²) in [7, 11) is 1.85. The topological polar surface area (TPSA) is 51.3 Å². The third kappa shape index (κ3) is 2.24. The molecule has 0 atom stereocenters. The van der Waals surface area contributed by atoms with E-state index in [4.69, 9.17) is 18.0 Å². The van der Waals surface area contributed by atoms with Crippen molar-refractivity contribution in [1.29, 1.82) is 0 Å². The van der Waals surface area contributed by atoms with Gasteiger partial charge in [-0.25, -0.2) is 0 Å². The van der Waals surface area contributed by atoms with E-state index >= 15 is 0 Å². The van der Waals surface area contributed by atoms with Gasteiger partial charge in [-0.05, 0) is 25.0 Å². The molecule has 0 unspecified atom stereocenters. The van der Waals surface area contributed by atoms with Crippen LogP contribution in [0.25, 0.3) is 0 Å². The standard InChI is InChI=1S/C11H15N3OS/c1-13(8-4-5-8)10(15)7-14-6-2-3-9(14)11(12)16/h2-3,6,8H,4-5,7H2,1H3,(H2,12,16). The largest absolute Gasteiger partial charge is 0.388 e. The zero-order valence-corrected chi connectivity index (χ0v) is 10.0. The third-order valence-corrected chi connectivity index (χ3v) is 3.08. The van der Waals surface area contributed by atoms with Gasteiger partial charge in [0.25, 0.3) is 0 Å². The number of hydrogen-bond donors (Lipinski definition) is 1. The Morgan fingerprint density at radius 1 is 1.69 bits per heavy atom. The number of aromatic nitrogens is 1. The zero-order valence-electron chi connectivity index (χ0n) is 9.22. The van der Waals surface area contributed by atoms with Crippen LogP contribution in [0.4, 0.5) is 0 Å². The summed E-state index contributed by atoms with van der Waals surface area (Å²) in [4.78, 5) is 14.0. The van der Waals surface area contributed by atoms with Crippen LogP contribution < -0.4 is 5.73 Å². The molecule has 1 aliphatic carbocycles. The van der Waals surface area contributed by atoms with Gasteiger partial charge in [-0.1, -0.05) is 12.2 Å². The van der Waals surface area contributed by atoms with Crippen LogP contribution in [-0.4, -0.2) is 33.5 Å². The van der Waals surface area contributed by atoms with Crippen molar-refractivity contribution in [3.8, 4) is 0 Å². The van der Waals surface area contributed by atoms with Crippen LogP contribution >= 0.6 is 12.2 Å². The van der Waals surface area contributed by atoms with Crippen LogP contribution in [0, 0.1) is 0 Å². The van der Waals surface area contributed by atoms with Gasteiger partial charge in [0.1, 0.15) is 11.5 Å². The molecule has 5 heteroatoms. The number of rotatable bonds is 4. The fourth-order valence-electron chi connectivity index (χ4n) is 1.70. The van der Waals surface area contributed by atoms with E-state index in [1.165, 1.54) is 0 Å². The van der Waals surface area contributed by atoms with Crippen LogP contribution in [0.15, 0.2) is 18.3 Å². The fourth-order valence-corrected chi connectivity index (χ4v) is 1.88. The molecule has 1 heterocycles. The Kier molecular flexibility index (Phi) is 2.96. The Hall–Kier alpha value is -1.36. The summed E-state index contributed by atoms with van der Waals surface area (Å²) in [5, 5.41) is 0. The maximum atomic E-state index is 11.9. The van der Waals surface area contributed by atoms with Crippen LogP contribution in [0.3, 0.4) is 0 Å². The number of hydrogen-bond acceptors (Lipinski definition) is 2. The van der Waals surface area contributed by atoms with E-state index in [1.54, 1.807) is 4.57 Å². The summed E-state index contributed by atoms with van der Waals surface area (Å²) in [5.74, 6) is 0.108. The van der Waals surface area contributed by atoms with Crippen molar-refractivity contribution in [2.24, 2.45) is 5.73 Å². The van der Waals surface area contributed by atoms with Gasteiger partial charge >= 0.3 is 0 Å². The lowest BCUT2D eigenvalue weighted by Gasteiger charge is -2.17. The number of likely N-dealkylation sites (N-methyl/N-ethyl adjacent to an activating group) is 1. The molecule has 1 aliphatic rings. The summed E-state index contributed by atoms with van der Waals surface area (Å²) in [5.41, 5.74) is 6.31. The molecule has 4 nitrogen and oxygen atoms in total. The molecule has 0 radical (unpaired) electrons. The molecular formula is C11H15N3OS. The molecule has 0 spiro atoms. The second kappa shape index (κ2) is 4.25. The molecule has 86 valence electrons. The van der Waals surface area contributed by atoms with Crippen molar-refractivity contribution in [2.45, 2.75) is 25.4 Å². The average Bonchev–Trinajstić information content (AvgIpc) is 2.97. The highest BCUT2D eigenvalue weighted by atomic mass is 32.1. The molecule has 1 aromatic heterocycles. The summed E-state index contributed by atoms with van der Waals surface area (Å²) in [6, 6.07) is 4.11. The number of carbonyl (C=O) groups excluding carboxylic acids is 1. The second-order valence-corrected chi connectivity index (χ2v) is 4.56. The molecule has 0 aromatic carbocycles. The van der Waals surface area contributed by atoms with Gasteiger partial charge in [0, 0.05) is 19.3 Å². The van der Waals surface area contributed by atoms with Crippen LogP contribution in [0.1, 0.15) is 18.5 Å². The molecule has 1 aromatic rings. The summed E-state index contributed by atoms with van der Waals surface area (Å²) < 4.78 is 1.80. The molecule has 2 N–H and O–H groups in total. The predicted molar refractivity (Wildman–Crippen MR) is 66.1 cm³/mol. The van der Waals surface area contributed by atoms with Gasteiger partial charge in [-0.3, -0.25) is 4.79 Å². The van der Waals surface area contributed by atoms with Gasteiger partial charge in [0.15, 0.2) is 0 Å². The van der Waals surface area contributed by atoms with E-state index in [9.17, 15) is 4.79 Å². The normalized spacial score (nSPS) is 14.8. The molecular weight excluding hydrogens is 222 g/mol. The Morgan fingerprint density at radius 2 is 2.38 bits per heavy atom. The predicted octanol–water partition coefficient (Wildman–Crippen LogP) is 0.743. The van der Waals surface area contributed by atoms with Crippen LogP contribution in [-0.2, 0) is 11.3 Å². The lowest BCUT2D eigenvalue weighted by Crippen LogP contribution is -2.32. The van der Waals surface area contributed by atoms with E-state index < -0.39 is 0 Å². The Bertz CT molecular complexity index is 423. The van der Waals surface area contributed by atoms with E-state index in [1.807, 2.05) is 30.3 Å². The Balaban J connectivity index is 2.05. The van der Waals surface area contributed by atoms with Crippen molar-refractivity contribution < 1.29 is 4.79 Å². The number of nitrogens with zero attached hydrogens (tertiary/aromatic N) is 2. The second-order valence-electron chi connectivity index (χ2n) is 4.12. The first-order valence-corrected chi connectivity index (χ1v) is 5.71. The molecule has 0 bridgehead atoms. The number of nitrogens with two attached hydrogens (primary N) is 1. The lowest BCUT2D eigenvalue weighted by molar-refractivity contribution is -0.131. The van der Waals surface area contributed by atoms with E-state index in [0.29, 0.717) is 17.6 Å². The molecule has 1 amide bonds. The third-order valence-electron chi connectivity index (χ3n) is 2.88. The van der Waals surface area contributed by atoms with Gasteiger partial charge < -0.3 is 15.2 Å². The monoisotopic (exact) mass is 237 g/mol. The minimum absolute atomic E-state index is 0.108. The first-order valence-electron chi connectivity index (χ1n) is 5.30. The van der Waals surface area contributed by atoms with Gasteiger partial charge in [0.2, 0.25) is 5.91 Å². The Morgan fingerprint density at radius 3 is 2.94 bits per heavy atom. The summed E-state index contributed by atoms with van der Waals surface area (Å²) in [6.45, 7) is 0.312. The summed E-state index contributed by atoms with van der Waals surface area (Å²) >= 11 is 4.92. The molecule has 2 rings (SSSR count). The van der Waals surface area contributed by atoms with E-state index in [2.05, 4.69) is 0 Å². The van der Waals surface area contributed by atoms with Crippen molar-refractivity contribution in [3.05, 3.63) is 24.0 Å². The molecule has 16 heavy (non-hydrogen) atoms. The molecule has 0 aliphatic heterocycles. The van der Waals surface area contributed by atoms with Gasteiger partial charge in [-0.2, -0.15) is 0 Å². The van der Waals surface area contributed by atoms with Crippen LogP contribution in [0.2, 0.25) is 0 Å².